The first-order chi connectivity index (χ1) is 13.1. The molecule has 0 aromatic carbocycles. The average Bonchev–Trinajstić information content (AvgIpc) is 3.17. The number of amides is 1. The lowest BCUT2D eigenvalue weighted by atomic mass is 10.2. The number of halogens is 2. The maximum atomic E-state index is 12.8. The number of carbonyl (C=O) groups excluding carboxylic acids is 1. The lowest BCUT2D eigenvalue weighted by molar-refractivity contribution is -0.116. The quantitative estimate of drug-likeness (QED) is 0.463. The molecule has 0 saturated carbocycles. The highest BCUT2D eigenvalue weighted by molar-refractivity contribution is 7.96. The van der Waals surface area contributed by atoms with Gasteiger partial charge in [-0.05, 0) is 31.9 Å². The van der Waals surface area contributed by atoms with Gasteiger partial charge in [0.1, 0.15) is 17.6 Å². The number of nitrogens with one attached hydrogen (secondary N) is 3. The SMILES string of the molecule is O=C(Nc1cc(NCC2CCCN2)c(=O)n(CCF)c1)C1CC(Cl)COS1. The molecule has 27 heavy (non-hydrogen) atoms. The second-order valence-electron chi connectivity index (χ2n) is 6.70. The van der Waals surface area contributed by atoms with Crippen LogP contribution in [0.15, 0.2) is 17.1 Å². The Kier molecular flexibility index (Phi) is 7.40. The summed E-state index contributed by atoms with van der Waals surface area (Å²) in [7, 11) is 0. The molecule has 3 N–H and O–H groups in total. The van der Waals surface area contributed by atoms with Gasteiger partial charge in [0.05, 0.1) is 24.2 Å². The van der Waals surface area contributed by atoms with Gasteiger partial charge in [0.25, 0.3) is 5.56 Å². The van der Waals surface area contributed by atoms with Crippen LogP contribution in [-0.2, 0) is 15.5 Å². The summed E-state index contributed by atoms with van der Waals surface area (Å²) in [6.45, 7) is 1.24. The van der Waals surface area contributed by atoms with Gasteiger partial charge in [0.2, 0.25) is 5.91 Å². The molecule has 2 saturated heterocycles. The van der Waals surface area contributed by atoms with E-state index < -0.39 is 11.9 Å². The van der Waals surface area contributed by atoms with Gasteiger partial charge in [-0.3, -0.25) is 9.59 Å². The molecule has 0 spiro atoms. The average molecular weight is 419 g/mol. The Morgan fingerprint density at radius 1 is 1.52 bits per heavy atom. The van der Waals surface area contributed by atoms with Crippen molar-refractivity contribution in [1.82, 2.24) is 9.88 Å². The molecule has 1 aromatic rings. The van der Waals surface area contributed by atoms with Crippen LogP contribution < -0.4 is 21.5 Å². The lowest BCUT2D eigenvalue weighted by Gasteiger charge is -2.23. The smallest absolute Gasteiger partial charge is 0.274 e. The molecule has 0 radical (unpaired) electrons. The molecule has 0 aliphatic carbocycles. The monoisotopic (exact) mass is 418 g/mol. The molecule has 1 aromatic heterocycles. The number of rotatable bonds is 7. The van der Waals surface area contributed by atoms with Crippen LogP contribution >= 0.6 is 23.6 Å². The summed E-state index contributed by atoms with van der Waals surface area (Å²) in [4.78, 5) is 25.0. The van der Waals surface area contributed by atoms with Gasteiger partial charge in [-0.15, -0.1) is 11.6 Å². The van der Waals surface area contributed by atoms with Crippen LogP contribution in [0.5, 0.6) is 0 Å². The number of hydrogen-bond donors (Lipinski definition) is 3. The van der Waals surface area contributed by atoms with Crippen molar-refractivity contribution in [1.29, 1.82) is 0 Å². The predicted octanol–water partition coefficient (Wildman–Crippen LogP) is 1.96. The van der Waals surface area contributed by atoms with Crippen LogP contribution in [0.1, 0.15) is 19.3 Å². The molecule has 2 fully saturated rings. The summed E-state index contributed by atoms with van der Waals surface area (Å²) in [5, 5.41) is 8.64. The Morgan fingerprint density at radius 3 is 3.07 bits per heavy atom. The fraction of sp³-hybridized carbons (Fsp3) is 0.647. The Labute approximate surface area is 166 Å². The summed E-state index contributed by atoms with van der Waals surface area (Å²) in [6, 6.07) is 1.89. The summed E-state index contributed by atoms with van der Waals surface area (Å²) in [6.07, 6.45) is 4.11. The Balaban J connectivity index is 1.72. The maximum Gasteiger partial charge on any atom is 0.274 e. The van der Waals surface area contributed by atoms with Crippen LogP contribution in [0.2, 0.25) is 0 Å². The van der Waals surface area contributed by atoms with Gasteiger partial charge in [0.15, 0.2) is 0 Å². The molecule has 3 atom stereocenters. The first kappa shape index (κ1) is 20.4. The third-order valence-corrected chi connectivity index (χ3v) is 5.79. The minimum absolute atomic E-state index is 0.0655. The summed E-state index contributed by atoms with van der Waals surface area (Å²) < 4.78 is 19.4. The van der Waals surface area contributed by atoms with Crippen LogP contribution in [0.4, 0.5) is 15.8 Å². The molecule has 0 bridgehead atoms. The van der Waals surface area contributed by atoms with Gasteiger partial charge in [0, 0.05) is 30.8 Å². The van der Waals surface area contributed by atoms with Crippen molar-refractivity contribution in [3.63, 3.8) is 0 Å². The molecule has 3 heterocycles. The first-order valence-electron chi connectivity index (χ1n) is 9.07. The molecule has 10 heteroatoms. The van der Waals surface area contributed by atoms with E-state index in [1.807, 2.05) is 0 Å². The third kappa shape index (κ3) is 5.60. The fourth-order valence-corrected chi connectivity index (χ4v) is 4.45. The van der Waals surface area contributed by atoms with Gasteiger partial charge in [-0.25, -0.2) is 4.39 Å². The van der Waals surface area contributed by atoms with Gasteiger partial charge in [-0.1, -0.05) is 0 Å². The number of aryl methyl sites for hydroxylation is 1. The van der Waals surface area contributed by atoms with Crippen molar-refractivity contribution in [2.75, 3.05) is 37.0 Å². The molecular formula is C17H24ClFN4O3S. The topological polar surface area (TPSA) is 84.4 Å². The third-order valence-electron chi connectivity index (χ3n) is 4.58. The van der Waals surface area contributed by atoms with E-state index in [9.17, 15) is 14.0 Å². The van der Waals surface area contributed by atoms with Gasteiger partial charge < -0.3 is 24.7 Å². The second kappa shape index (κ2) is 9.77. The van der Waals surface area contributed by atoms with E-state index in [1.165, 1.54) is 10.8 Å². The van der Waals surface area contributed by atoms with E-state index in [0.717, 1.165) is 31.4 Å². The zero-order chi connectivity index (χ0) is 19.2. The van der Waals surface area contributed by atoms with E-state index in [1.54, 1.807) is 6.07 Å². The summed E-state index contributed by atoms with van der Waals surface area (Å²) >= 11 is 7.15. The zero-order valence-corrected chi connectivity index (χ0v) is 16.5. The van der Waals surface area contributed by atoms with E-state index in [2.05, 4.69) is 16.0 Å². The number of carbonyl (C=O) groups is 1. The van der Waals surface area contributed by atoms with Crippen LogP contribution in [-0.4, -0.2) is 53.5 Å². The van der Waals surface area contributed by atoms with Crippen LogP contribution in [0, 0.1) is 0 Å². The lowest BCUT2D eigenvalue weighted by Crippen LogP contribution is -2.34. The molecule has 150 valence electrons. The number of pyridine rings is 1. The molecule has 3 rings (SSSR count). The fourth-order valence-electron chi connectivity index (χ4n) is 3.16. The second-order valence-corrected chi connectivity index (χ2v) is 8.31. The minimum Gasteiger partial charge on any atom is -0.379 e. The minimum atomic E-state index is -0.666. The largest absolute Gasteiger partial charge is 0.379 e. The Hall–Kier alpha value is -1.29. The highest BCUT2D eigenvalue weighted by atomic mass is 35.5. The zero-order valence-electron chi connectivity index (χ0n) is 14.9. The van der Waals surface area contributed by atoms with Crippen molar-refractivity contribution in [3.05, 3.63) is 22.6 Å². The number of hydrogen-bond acceptors (Lipinski definition) is 6. The first-order valence-corrected chi connectivity index (χ1v) is 10.3. The van der Waals surface area contributed by atoms with Crippen LogP contribution in [0.3, 0.4) is 0 Å². The number of aromatic nitrogens is 1. The van der Waals surface area contributed by atoms with E-state index in [0.29, 0.717) is 37.0 Å². The molecule has 2 aliphatic rings. The van der Waals surface area contributed by atoms with Crippen molar-refractivity contribution < 1.29 is 13.4 Å². The number of nitrogens with zero attached hydrogens (tertiary/aromatic N) is 1. The molecule has 1 amide bonds. The van der Waals surface area contributed by atoms with Crippen molar-refractivity contribution in [3.8, 4) is 0 Å². The predicted molar refractivity (Wildman–Crippen MR) is 106 cm³/mol. The Bertz CT molecular complexity index is 714. The van der Waals surface area contributed by atoms with Crippen LogP contribution in [0.25, 0.3) is 0 Å². The molecular weight excluding hydrogens is 395 g/mol. The summed E-state index contributed by atoms with van der Waals surface area (Å²) in [5.41, 5.74) is 0.477. The van der Waals surface area contributed by atoms with E-state index in [4.69, 9.17) is 15.8 Å². The number of anilines is 2. The summed E-state index contributed by atoms with van der Waals surface area (Å²) in [5.74, 6) is -0.251. The van der Waals surface area contributed by atoms with Crippen molar-refractivity contribution in [2.45, 2.75) is 42.5 Å². The highest BCUT2D eigenvalue weighted by Gasteiger charge is 2.28. The van der Waals surface area contributed by atoms with E-state index >= 15 is 0 Å². The van der Waals surface area contributed by atoms with E-state index in [-0.39, 0.29) is 23.4 Å². The Morgan fingerprint density at radius 2 is 2.37 bits per heavy atom. The van der Waals surface area contributed by atoms with Crippen molar-refractivity contribution in [2.24, 2.45) is 0 Å². The number of alkyl halides is 2. The molecule has 3 unspecified atom stereocenters. The van der Waals surface area contributed by atoms with Gasteiger partial charge >= 0.3 is 0 Å². The highest BCUT2D eigenvalue weighted by Crippen LogP contribution is 2.28. The van der Waals surface area contributed by atoms with Gasteiger partial charge in [-0.2, -0.15) is 0 Å². The standard InChI is InChI=1S/C17H24ClFN4O3S/c18-11-6-15(27-26-10-11)16(24)22-13-7-14(17(25)23(9-13)5-3-19)21-8-12-2-1-4-20-12/h7,9,11-12,15,20-21H,1-6,8,10H2,(H,22,24). The van der Waals surface area contributed by atoms with Crippen molar-refractivity contribution >= 4 is 40.9 Å². The normalized spacial score (nSPS) is 25.3. The molecule has 7 nitrogen and oxygen atoms in total. The maximum absolute atomic E-state index is 12.8. The molecule has 2 aliphatic heterocycles.